The summed E-state index contributed by atoms with van der Waals surface area (Å²) in [6.07, 6.45) is 0.977. The highest BCUT2D eigenvalue weighted by molar-refractivity contribution is 9.15. The molecule has 1 nitrogen and oxygen atoms in total. The van der Waals surface area contributed by atoms with E-state index in [0.29, 0.717) is 0 Å². The molecule has 0 aliphatic rings. The fraction of sp³-hybridized carbons (Fsp3) is 0.300. The van der Waals surface area contributed by atoms with Crippen LogP contribution in [-0.4, -0.2) is 5.60 Å². The number of halogens is 1. The Morgan fingerprint density at radius 1 is 0.909 bits per heavy atom. The SMILES string of the molecule is CCC(=C(Br)c1ccc(OC(C)(C)C)cc1)c1ccccc1. The minimum absolute atomic E-state index is 0.173. The van der Waals surface area contributed by atoms with E-state index < -0.39 is 0 Å². The summed E-state index contributed by atoms with van der Waals surface area (Å²) in [5, 5.41) is 0. The number of ether oxygens (including phenoxy) is 1. The second kappa shape index (κ2) is 7.15. The van der Waals surface area contributed by atoms with Crippen LogP contribution in [0.25, 0.3) is 10.1 Å². The van der Waals surface area contributed by atoms with Gasteiger partial charge in [-0.25, -0.2) is 0 Å². The van der Waals surface area contributed by atoms with Gasteiger partial charge >= 0.3 is 0 Å². The number of benzene rings is 2. The first-order valence-electron chi connectivity index (χ1n) is 7.64. The van der Waals surface area contributed by atoms with Crippen molar-refractivity contribution >= 4 is 26.0 Å². The smallest absolute Gasteiger partial charge is 0.120 e. The van der Waals surface area contributed by atoms with Crippen molar-refractivity contribution in [3.63, 3.8) is 0 Å². The third kappa shape index (κ3) is 4.48. The Hall–Kier alpha value is -1.54. The number of hydrogen-bond donors (Lipinski definition) is 0. The summed E-state index contributed by atoms with van der Waals surface area (Å²) in [5.41, 5.74) is 3.56. The van der Waals surface area contributed by atoms with E-state index in [0.717, 1.165) is 16.7 Å². The minimum atomic E-state index is -0.173. The fourth-order valence-electron chi connectivity index (χ4n) is 2.32. The molecule has 0 spiro atoms. The number of rotatable bonds is 4. The summed E-state index contributed by atoms with van der Waals surface area (Å²) >= 11 is 3.77. The largest absolute Gasteiger partial charge is 0.488 e. The van der Waals surface area contributed by atoms with Crippen molar-refractivity contribution in [2.45, 2.75) is 39.7 Å². The van der Waals surface area contributed by atoms with Crippen LogP contribution in [0.3, 0.4) is 0 Å². The molecule has 0 fully saturated rings. The molecular formula is C20H23BrO. The summed E-state index contributed by atoms with van der Waals surface area (Å²) in [4.78, 5) is 0. The molecule has 0 heterocycles. The van der Waals surface area contributed by atoms with Crippen LogP contribution in [0.4, 0.5) is 0 Å². The molecule has 0 radical (unpaired) electrons. The summed E-state index contributed by atoms with van der Waals surface area (Å²) in [5.74, 6) is 0.898. The van der Waals surface area contributed by atoms with E-state index in [1.54, 1.807) is 0 Å². The average molecular weight is 359 g/mol. The monoisotopic (exact) mass is 358 g/mol. The highest BCUT2D eigenvalue weighted by Gasteiger charge is 2.12. The maximum Gasteiger partial charge on any atom is 0.120 e. The summed E-state index contributed by atoms with van der Waals surface area (Å²) in [7, 11) is 0. The molecule has 0 unspecified atom stereocenters. The van der Waals surface area contributed by atoms with Gasteiger partial charge in [-0.3, -0.25) is 0 Å². The van der Waals surface area contributed by atoms with Crippen molar-refractivity contribution < 1.29 is 4.74 Å². The molecule has 116 valence electrons. The van der Waals surface area contributed by atoms with Crippen LogP contribution in [0.5, 0.6) is 5.75 Å². The molecule has 0 aromatic heterocycles. The van der Waals surface area contributed by atoms with Gasteiger partial charge in [-0.1, -0.05) is 49.4 Å². The van der Waals surface area contributed by atoms with Crippen LogP contribution in [0.15, 0.2) is 54.6 Å². The molecular weight excluding hydrogens is 336 g/mol. The third-order valence-electron chi connectivity index (χ3n) is 3.27. The lowest BCUT2D eigenvalue weighted by Crippen LogP contribution is -2.22. The maximum atomic E-state index is 5.88. The van der Waals surface area contributed by atoms with Gasteiger partial charge in [0.25, 0.3) is 0 Å². The maximum absolute atomic E-state index is 5.88. The lowest BCUT2D eigenvalue weighted by molar-refractivity contribution is 0.131. The predicted molar refractivity (Wildman–Crippen MR) is 99.3 cm³/mol. The molecule has 0 amide bonds. The molecule has 2 heteroatoms. The molecule has 0 saturated heterocycles. The van der Waals surface area contributed by atoms with Gasteiger partial charge in [-0.2, -0.15) is 0 Å². The molecule has 0 N–H and O–H groups in total. The van der Waals surface area contributed by atoms with E-state index in [2.05, 4.69) is 80.0 Å². The van der Waals surface area contributed by atoms with E-state index in [4.69, 9.17) is 4.74 Å². The van der Waals surface area contributed by atoms with Crippen LogP contribution < -0.4 is 4.74 Å². The summed E-state index contributed by atoms with van der Waals surface area (Å²) < 4.78 is 7.02. The summed E-state index contributed by atoms with van der Waals surface area (Å²) in [6, 6.07) is 18.8. The second-order valence-corrected chi connectivity index (χ2v) is 7.04. The molecule has 0 saturated carbocycles. The molecule has 2 rings (SSSR count). The van der Waals surface area contributed by atoms with Gasteiger partial charge in [0.1, 0.15) is 11.4 Å². The molecule has 0 aliphatic heterocycles. The van der Waals surface area contributed by atoms with Crippen molar-refractivity contribution in [1.29, 1.82) is 0 Å². The van der Waals surface area contributed by atoms with E-state index in [1.165, 1.54) is 16.7 Å². The van der Waals surface area contributed by atoms with Crippen LogP contribution in [0.1, 0.15) is 45.2 Å². The first-order valence-corrected chi connectivity index (χ1v) is 8.43. The van der Waals surface area contributed by atoms with Crippen LogP contribution in [0.2, 0.25) is 0 Å². The third-order valence-corrected chi connectivity index (χ3v) is 4.21. The van der Waals surface area contributed by atoms with E-state index in [1.807, 2.05) is 18.2 Å². The van der Waals surface area contributed by atoms with Gasteiger partial charge in [-0.05, 0) is 72.0 Å². The Kier molecular flexibility index (Phi) is 5.47. The van der Waals surface area contributed by atoms with Gasteiger partial charge in [0.2, 0.25) is 0 Å². The zero-order valence-corrected chi connectivity index (χ0v) is 15.3. The van der Waals surface area contributed by atoms with Crippen LogP contribution >= 0.6 is 15.9 Å². The lowest BCUT2D eigenvalue weighted by Gasteiger charge is -2.21. The average Bonchev–Trinajstić information content (AvgIpc) is 2.48. The van der Waals surface area contributed by atoms with Gasteiger partial charge < -0.3 is 4.74 Å². The Morgan fingerprint density at radius 2 is 1.50 bits per heavy atom. The molecule has 0 atom stereocenters. The zero-order chi connectivity index (χ0) is 16.2. The van der Waals surface area contributed by atoms with Crippen LogP contribution in [-0.2, 0) is 0 Å². The molecule has 2 aromatic carbocycles. The first kappa shape index (κ1) is 16.8. The Balaban J connectivity index is 2.31. The van der Waals surface area contributed by atoms with Crippen molar-refractivity contribution in [3.05, 3.63) is 65.7 Å². The quantitative estimate of drug-likeness (QED) is 0.564. The highest BCUT2D eigenvalue weighted by Crippen LogP contribution is 2.34. The molecule has 0 aliphatic carbocycles. The van der Waals surface area contributed by atoms with Gasteiger partial charge in [0, 0.05) is 4.48 Å². The Labute approximate surface area is 142 Å². The van der Waals surface area contributed by atoms with Crippen molar-refractivity contribution in [2.24, 2.45) is 0 Å². The normalized spacial score (nSPS) is 12.8. The Bertz CT molecular complexity index is 634. The van der Waals surface area contributed by atoms with Gasteiger partial charge in [0.05, 0.1) is 0 Å². The topological polar surface area (TPSA) is 9.23 Å². The molecule has 0 bridgehead atoms. The minimum Gasteiger partial charge on any atom is -0.488 e. The van der Waals surface area contributed by atoms with Crippen molar-refractivity contribution in [3.8, 4) is 5.75 Å². The lowest BCUT2D eigenvalue weighted by atomic mass is 10.0. The van der Waals surface area contributed by atoms with Crippen molar-refractivity contribution in [2.75, 3.05) is 0 Å². The van der Waals surface area contributed by atoms with E-state index in [9.17, 15) is 0 Å². The van der Waals surface area contributed by atoms with E-state index >= 15 is 0 Å². The van der Waals surface area contributed by atoms with E-state index in [-0.39, 0.29) is 5.60 Å². The highest BCUT2D eigenvalue weighted by atomic mass is 79.9. The molecule has 2 aromatic rings. The standard InChI is InChI=1S/C20H23BrO/c1-5-18(15-9-7-6-8-10-15)19(21)16-11-13-17(14-12-16)22-20(2,3)4/h6-14H,5H2,1-4H3. The van der Waals surface area contributed by atoms with Crippen molar-refractivity contribution in [1.82, 2.24) is 0 Å². The van der Waals surface area contributed by atoms with Gasteiger partial charge in [0.15, 0.2) is 0 Å². The first-order chi connectivity index (χ1) is 10.4. The van der Waals surface area contributed by atoms with Crippen LogP contribution in [0, 0.1) is 0 Å². The zero-order valence-electron chi connectivity index (χ0n) is 13.7. The number of hydrogen-bond acceptors (Lipinski definition) is 1. The summed E-state index contributed by atoms with van der Waals surface area (Å²) in [6.45, 7) is 8.35. The Morgan fingerprint density at radius 3 is 2.00 bits per heavy atom. The van der Waals surface area contributed by atoms with Gasteiger partial charge in [-0.15, -0.1) is 0 Å². The predicted octanol–water partition coefficient (Wildman–Crippen LogP) is 6.54. The fourth-order valence-corrected chi connectivity index (χ4v) is 3.10. The molecule has 22 heavy (non-hydrogen) atoms. The second-order valence-electron chi connectivity index (χ2n) is 6.25. The number of allylic oxidation sites excluding steroid dienone is 1.